The Kier molecular flexibility index (Phi) is 5.71. The van der Waals surface area contributed by atoms with E-state index in [2.05, 4.69) is 20.6 Å². The number of halogens is 1. The van der Waals surface area contributed by atoms with Crippen molar-refractivity contribution in [1.29, 1.82) is 0 Å². The Bertz CT molecular complexity index is 993. The fourth-order valence-electron chi connectivity index (χ4n) is 3.17. The molecule has 4 N–H and O–H groups in total. The van der Waals surface area contributed by atoms with Gasteiger partial charge in [-0.1, -0.05) is 23.7 Å². The molecule has 0 bridgehead atoms. The molecule has 29 heavy (non-hydrogen) atoms. The first-order valence-corrected chi connectivity index (χ1v) is 9.70. The first-order valence-electron chi connectivity index (χ1n) is 9.33. The molecule has 8 heteroatoms. The smallest absolute Gasteiger partial charge is 0.253 e. The van der Waals surface area contributed by atoms with Gasteiger partial charge in [0.05, 0.1) is 11.9 Å². The zero-order valence-corrected chi connectivity index (χ0v) is 16.4. The molecule has 148 valence electrons. The van der Waals surface area contributed by atoms with Gasteiger partial charge in [-0.3, -0.25) is 10.1 Å². The molecular weight excluding hydrogens is 388 g/mol. The van der Waals surface area contributed by atoms with E-state index in [1.807, 2.05) is 42.5 Å². The fraction of sp³-hybridized carbons (Fsp3) is 0.190. The van der Waals surface area contributed by atoms with Crippen LogP contribution >= 0.6 is 11.6 Å². The largest absolute Gasteiger partial charge is 0.334 e. The summed E-state index contributed by atoms with van der Waals surface area (Å²) >= 11 is 5.95. The molecule has 3 aromatic rings. The number of hydrogen-bond acceptors (Lipinski definition) is 6. The molecule has 1 atom stereocenters. The van der Waals surface area contributed by atoms with E-state index in [9.17, 15) is 4.79 Å². The van der Waals surface area contributed by atoms with Gasteiger partial charge < -0.3 is 16.0 Å². The predicted molar refractivity (Wildman–Crippen MR) is 114 cm³/mol. The molecule has 1 aliphatic heterocycles. The third-order valence-electron chi connectivity index (χ3n) is 4.68. The van der Waals surface area contributed by atoms with Gasteiger partial charge in [0.15, 0.2) is 0 Å². The average Bonchev–Trinajstić information content (AvgIpc) is 2.74. The first-order chi connectivity index (χ1) is 14.1. The molecule has 0 saturated carbocycles. The lowest BCUT2D eigenvalue weighted by Crippen LogP contribution is -2.56. The number of benzene rings is 2. The highest BCUT2D eigenvalue weighted by atomic mass is 35.5. The summed E-state index contributed by atoms with van der Waals surface area (Å²) in [5.74, 6) is 0.457. The molecule has 1 aromatic heterocycles. The number of nitrogens with two attached hydrogens (primary N) is 1. The Hall–Kier alpha value is -3.00. The Morgan fingerprint density at radius 1 is 1.14 bits per heavy atom. The van der Waals surface area contributed by atoms with Crippen molar-refractivity contribution in [1.82, 2.24) is 20.2 Å². The molecule has 1 aliphatic rings. The van der Waals surface area contributed by atoms with Gasteiger partial charge in [-0.05, 0) is 42.5 Å². The van der Waals surface area contributed by atoms with Crippen molar-refractivity contribution in [2.45, 2.75) is 6.17 Å². The molecular formula is C21H21ClN6O. The van der Waals surface area contributed by atoms with E-state index >= 15 is 0 Å². The van der Waals surface area contributed by atoms with Crippen LogP contribution in [-0.2, 0) is 0 Å². The van der Waals surface area contributed by atoms with Crippen LogP contribution in [0.1, 0.15) is 10.4 Å². The fourth-order valence-corrected chi connectivity index (χ4v) is 3.30. The topological polar surface area (TPSA) is 96.2 Å². The second-order valence-electron chi connectivity index (χ2n) is 6.79. The highest BCUT2D eigenvalue weighted by Crippen LogP contribution is 2.21. The summed E-state index contributed by atoms with van der Waals surface area (Å²) in [6.45, 7) is 1.86. The van der Waals surface area contributed by atoms with Crippen molar-refractivity contribution in [3.05, 3.63) is 71.4 Å². The minimum atomic E-state index is -0.182. The number of piperazine rings is 1. The molecule has 7 nitrogen and oxygen atoms in total. The SMILES string of the molecule is NC1CN(C(=O)c2ccc(Nc3nccc(-c4ccc(Cl)cc4)n3)cc2)CCN1. The number of nitrogens with one attached hydrogen (secondary N) is 2. The Balaban J connectivity index is 1.45. The Morgan fingerprint density at radius 2 is 1.90 bits per heavy atom. The standard InChI is InChI=1S/C21H21ClN6O/c22-16-5-1-14(2-6-16)18-9-10-25-21(27-18)26-17-7-3-15(4-8-17)20(29)28-12-11-24-19(23)13-28/h1-10,19,24H,11-13,23H2,(H,25,26,27). The zero-order chi connectivity index (χ0) is 20.2. The second kappa shape index (κ2) is 8.57. The molecule has 4 rings (SSSR count). The third-order valence-corrected chi connectivity index (χ3v) is 4.93. The number of amides is 1. The van der Waals surface area contributed by atoms with Crippen LogP contribution in [0.2, 0.25) is 5.02 Å². The Labute approximate surface area is 173 Å². The van der Waals surface area contributed by atoms with Crippen molar-refractivity contribution in [3.63, 3.8) is 0 Å². The summed E-state index contributed by atoms with van der Waals surface area (Å²) in [6, 6.07) is 16.6. The van der Waals surface area contributed by atoms with Crippen LogP contribution in [0.3, 0.4) is 0 Å². The highest BCUT2D eigenvalue weighted by Gasteiger charge is 2.21. The van der Waals surface area contributed by atoms with Crippen molar-refractivity contribution >= 4 is 29.1 Å². The summed E-state index contributed by atoms with van der Waals surface area (Å²) in [6.07, 6.45) is 1.52. The van der Waals surface area contributed by atoms with Crippen molar-refractivity contribution < 1.29 is 4.79 Å². The molecule has 2 aromatic carbocycles. The van der Waals surface area contributed by atoms with E-state index in [0.29, 0.717) is 36.2 Å². The number of carbonyl (C=O) groups is 1. The monoisotopic (exact) mass is 408 g/mol. The molecule has 1 fully saturated rings. The van der Waals surface area contributed by atoms with Gasteiger partial charge >= 0.3 is 0 Å². The lowest BCUT2D eigenvalue weighted by atomic mass is 10.1. The number of aromatic nitrogens is 2. The number of hydrogen-bond donors (Lipinski definition) is 3. The van der Waals surface area contributed by atoms with E-state index in [4.69, 9.17) is 17.3 Å². The summed E-state index contributed by atoms with van der Waals surface area (Å²) in [7, 11) is 0. The minimum absolute atomic E-state index is 0.0190. The summed E-state index contributed by atoms with van der Waals surface area (Å²) in [5, 5.41) is 6.98. The highest BCUT2D eigenvalue weighted by molar-refractivity contribution is 6.30. The van der Waals surface area contributed by atoms with E-state index in [0.717, 1.165) is 16.9 Å². The quantitative estimate of drug-likeness (QED) is 0.614. The number of rotatable bonds is 4. The number of nitrogens with zero attached hydrogens (tertiary/aromatic N) is 3. The summed E-state index contributed by atoms with van der Waals surface area (Å²) in [4.78, 5) is 23.2. The maximum Gasteiger partial charge on any atom is 0.253 e. The van der Waals surface area contributed by atoms with Gasteiger partial charge in [0.25, 0.3) is 5.91 Å². The van der Waals surface area contributed by atoms with Crippen LogP contribution in [0.15, 0.2) is 60.8 Å². The lowest BCUT2D eigenvalue weighted by Gasteiger charge is -2.31. The number of anilines is 2. The van der Waals surface area contributed by atoms with Crippen molar-refractivity contribution in [3.8, 4) is 11.3 Å². The van der Waals surface area contributed by atoms with Gasteiger partial charge in [-0.2, -0.15) is 0 Å². The molecule has 0 spiro atoms. The third kappa shape index (κ3) is 4.71. The number of carbonyl (C=O) groups excluding carboxylic acids is 1. The van der Waals surface area contributed by atoms with Crippen LogP contribution < -0.4 is 16.4 Å². The van der Waals surface area contributed by atoms with Gasteiger partial charge in [0, 0.05) is 47.7 Å². The summed E-state index contributed by atoms with van der Waals surface area (Å²) in [5.41, 5.74) is 9.05. The second-order valence-corrected chi connectivity index (χ2v) is 7.22. The van der Waals surface area contributed by atoms with Gasteiger partial charge in [0.1, 0.15) is 0 Å². The molecule has 0 radical (unpaired) electrons. The maximum absolute atomic E-state index is 12.6. The molecule has 1 saturated heterocycles. The predicted octanol–water partition coefficient (Wildman–Crippen LogP) is 2.87. The van der Waals surface area contributed by atoms with Crippen molar-refractivity contribution in [2.75, 3.05) is 25.0 Å². The minimum Gasteiger partial charge on any atom is -0.334 e. The van der Waals surface area contributed by atoms with Crippen LogP contribution in [0.5, 0.6) is 0 Å². The van der Waals surface area contributed by atoms with E-state index in [1.165, 1.54) is 0 Å². The van der Waals surface area contributed by atoms with E-state index < -0.39 is 0 Å². The van der Waals surface area contributed by atoms with Gasteiger partial charge in [-0.25, -0.2) is 9.97 Å². The zero-order valence-electron chi connectivity index (χ0n) is 15.7. The Morgan fingerprint density at radius 3 is 2.62 bits per heavy atom. The molecule has 1 unspecified atom stereocenters. The van der Waals surface area contributed by atoms with Gasteiger partial charge in [-0.15, -0.1) is 0 Å². The first kappa shape index (κ1) is 19.3. The van der Waals surface area contributed by atoms with Crippen LogP contribution in [-0.4, -0.2) is 46.6 Å². The van der Waals surface area contributed by atoms with E-state index in [1.54, 1.807) is 23.2 Å². The maximum atomic E-state index is 12.6. The van der Waals surface area contributed by atoms with Crippen LogP contribution in [0, 0.1) is 0 Å². The van der Waals surface area contributed by atoms with Gasteiger partial charge in [0.2, 0.25) is 5.95 Å². The van der Waals surface area contributed by atoms with Crippen molar-refractivity contribution in [2.24, 2.45) is 5.73 Å². The average molecular weight is 409 g/mol. The van der Waals surface area contributed by atoms with Crippen LogP contribution in [0.4, 0.5) is 11.6 Å². The molecule has 2 heterocycles. The molecule has 0 aliphatic carbocycles. The summed E-state index contributed by atoms with van der Waals surface area (Å²) < 4.78 is 0. The normalized spacial score (nSPS) is 16.5. The molecule has 1 amide bonds. The van der Waals surface area contributed by atoms with E-state index in [-0.39, 0.29) is 12.1 Å². The van der Waals surface area contributed by atoms with Crippen LogP contribution in [0.25, 0.3) is 11.3 Å². The lowest BCUT2D eigenvalue weighted by molar-refractivity contribution is 0.0705.